The summed E-state index contributed by atoms with van der Waals surface area (Å²) in [6, 6.07) is 0. The molecule has 0 unspecified atom stereocenters. The molecule has 1 aliphatic heterocycles. The Bertz CT molecular complexity index is 729. The fraction of sp³-hybridized carbons (Fsp3) is 0.647. The lowest BCUT2D eigenvalue weighted by atomic mass is 9.95. The first kappa shape index (κ1) is 18.0. The summed E-state index contributed by atoms with van der Waals surface area (Å²) in [6.45, 7) is 7.23. The van der Waals surface area contributed by atoms with E-state index in [4.69, 9.17) is 0 Å². The van der Waals surface area contributed by atoms with E-state index in [0.29, 0.717) is 5.92 Å². The number of carbonyl (C=O) groups is 1. The molecule has 7 nitrogen and oxygen atoms in total. The van der Waals surface area contributed by atoms with Gasteiger partial charge in [-0.25, -0.2) is 4.98 Å². The maximum atomic E-state index is 12.6. The average Bonchev–Trinajstić information content (AvgIpc) is 3.19. The zero-order chi connectivity index (χ0) is 18.0. The number of carbonyl (C=O) groups excluding carboxylic acids is 1. The zero-order valence-electron chi connectivity index (χ0n) is 15.4. The summed E-state index contributed by atoms with van der Waals surface area (Å²) < 4.78 is 2.23. The van der Waals surface area contributed by atoms with Crippen molar-refractivity contribution in [3.05, 3.63) is 27.7 Å². The SMILES string of the molecule is CCn1c(CN(C)C)nnc1C1CCN(C(=O)c2scnc2C)CC1. The smallest absolute Gasteiger partial charge is 0.265 e. The van der Waals surface area contributed by atoms with E-state index in [1.54, 1.807) is 5.51 Å². The Balaban J connectivity index is 1.67. The number of likely N-dealkylation sites (tertiary alicyclic amines) is 1. The molecule has 0 aliphatic carbocycles. The second-order valence-electron chi connectivity index (χ2n) is 6.79. The van der Waals surface area contributed by atoms with Crippen molar-refractivity contribution in [2.45, 2.75) is 45.7 Å². The topological polar surface area (TPSA) is 67.2 Å². The molecule has 3 rings (SSSR count). The summed E-state index contributed by atoms with van der Waals surface area (Å²) >= 11 is 1.43. The highest BCUT2D eigenvalue weighted by Gasteiger charge is 2.29. The summed E-state index contributed by atoms with van der Waals surface area (Å²) in [5, 5.41) is 8.87. The third-order valence-corrected chi connectivity index (χ3v) is 5.63. The van der Waals surface area contributed by atoms with Gasteiger partial charge in [-0.2, -0.15) is 0 Å². The van der Waals surface area contributed by atoms with Crippen molar-refractivity contribution in [3.63, 3.8) is 0 Å². The van der Waals surface area contributed by atoms with Gasteiger partial charge in [0.1, 0.15) is 16.5 Å². The standard InChI is InChI=1S/C17H26N6OS/c1-5-23-14(10-21(3)4)19-20-16(23)13-6-8-22(9-7-13)17(24)15-12(2)18-11-25-15/h11,13H,5-10H2,1-4H3. The second kappa shape index (κ2) is 7.61. The van der Waals surface area contributed by atoms with Crippen LogP contribution in [0.4, 0.5) is 0 Å². The summed E-state index contributed by atoms with van der Waals surface area (Å²) in [5.41, 5.74) is 2.57. The first-order valence-corrected chi connectivity index (χ1v) is 9.65. The molecule has 0 atom stereocenters. The van der Waals surface area contributed by atoms with Gasteiger partial charge in [0.15, 0.2) is 0 Å². The molecule has 0 spiro atoms. The average molecular weight is 363 g/mol. The Hall–Kier alpha value is -1.80. The number of piperidine rings is 1. The van der Waals surface area contributed by atoms with Crippen LogP contribution in [0.1, 0.15) is 52.7 Å². The normalized spacial score (nSPS) is 16.0. The van der Waals surface area contributed by atoms with Crippen molar-refractivity contribution >= 4 is 17.2 Å². The molecule has 3 heterocycles. The minimum Gasteiger partial charge on any atom is -0.338 e. The second-order valence-corrected chi connectivity index (χ2v) is 7.64. The van der Waals surface area contributed by atoms with Crippen LogP contribution in [-0.4, -0.2) is 62.6 Å². The van der Waals surface area contributed by atoms with E-state index in [9.17, 15) is 4.79 Å². The van der Waals surface area contributed by atoms with Crippen LogP contribution in [-0.2, 0) is 13.1 Å². The van der Waals surface area contributed by atoms with Crippen molar-refractivity contribution in [2.75, 3.05) is 27.2 Å². The van der Waals surface area contributed by atoms with Crippen molar-refractivity contribution in [1.82, 2.24) is 29.5 Å². The number of rotatable bonds is 5. The third kappa shape index (κ3) is 3.74. The van der Waals surface area contributed by atoms with Crippen LogP contribution in [0.3, 0.4) is 0 Å². The molecule has 8 heteroatoms. The molecule has 1 amide bonds. The number of aromatic nitrogens is 4. The molecule has 25 heavy (non-hydrogen) atoms. The number of aryl methyl sites for hydroxylation is 1. The van der Waals surface area contributed by atoms with Gasteiger partial charge in [0.2, 0.25) is 0 Å². The van der Waals surface area contributed by atoms with Gasteiger partial charge in [-0.15, -0.1) is 21.5 Å². The monoisotopic (exact) mass is 362 g/mol. The van der Waals surface area contributed by atoms with Gasteiger partial charge in [0, 0.05) is 25.6 Å². The van der Waals surface area contributed by atoms with Crippen LogP contribution in [0.15, 0.2) is 5.51 Å². The quantitative estimate of drug-likeness (QED) is 0.815. The summed E-state index contributed by atoms with van der Waals surface area (Å²) in [5.74, 6) is 2.57. The Morgan fingerprint density at radius 1 is 1.32 bits per heavy atom. The van der Waals surface area contributed by atoms with E-state index >= 15 is 0 Å². The largest absolute Gasteiger partial charge is 0.338 e. The number of hydrogen-bond acceptors (Lipinski definition) is 6. The predicted molar refractivity (Wildman–Crippen MR) is 97.8 cm³/mol. The van der Waals surface area contributed by atoms with E-state index in [-0.39, 0.29) is 5.91 Å². The fourth-order valence-electron chi connectivity index (χ4n) is 3.39. The lowest BCUT2D eigenvalue weighted by Gasteiger charge is -2.31. The van der Waals surface area contributed by atoms with E-state index in [2.05, 4.69) is 31.6 Å². The summed E-state index contributed by atoms with van der Waals surface area (Å²) in [4.78, 5) is 21.6. The number of nitrogens with zero attached hydrogens (tertiary/aromatic N) is 6. The van der Waals surface area contributed by atoms with Gasteiger partial charge in [0.05, 0.1) is 17.7 Å². The minimum atomic E-state index is 0.115. The molecular weight excluding hydrogens is 336 g/mol. The zero-order valence-corrected chi connectivity index (χ0v) is 16.2. The Kier molecular flexibility index (Phi) is 5.48. The third-order valence-electron chi connectivity index (χ3n) is 4.72. The van der Waals surface area contributed by atoms with Crippen molar-refractivity contribution < 1.29 is 4.79 Å². The van der Waals surface area contributed by atoms with Gasteiger partial charge >= 0.3 is 0 Å². The van der Waals surface area contributed by atoms with Crippen molar-refractivity contribution in [3.8, 4) is 0 Å². The molecule has 0 radical (unpaired) electrons. The van der Waals surface area contributed by atoms with Crippen LogP contribution in [0.2, 0.25) is 0 Å². The maximum Gasteiger partial charge on any atom is 0.265 e. The van der Waals surface area contributed by atoms with Gasteiger partial charge in [0.25, 0.3) is 5.91 Å². The lowest BCUT2D eigenvalue weighted by molar-refractivity contribution is 0.0714. The number of amides is 1. The van der Waals surface area contributed by atoms with Crippen LogP contribution >= 0.6 is 11.3 Å². The predicted octanol–water partition coefficient (Wildman–Crippen LogP) is 2.14. The summed E-state index contributed by atoms with van der Waals surface area (Å²) in [7, 11) is 4.08. The highest BCUT2D eigenvalue weighted by molar-refractivity contribution is 7.11. The van der Waals surface area contributed by atoms with Gasteiger partial charge in [-0.3, -0.25) is 4.79 Å². The van der Waals surface area contributed by atoms with Crippen LogP contribution in [0.25, 0.3) is 0 Å². The van der Waals surface area contributed by atoms with Gasteiger partial charge in [-0.05, 0) is 40.8 Å². The van der Waals surface area contributed by atoms with Gasteiger partial charge in [-0.1, -0.05) is 0 Å². The Morgan fingerprint density at radius 3 is 2.60 bits per heavy atom. The van der Waals surface area contributed by atoms with Crippen LogP contribution < -0.4 is 0 Å². The molecule has 0 bridgehead atoms. The first-order valence-electron chi connectivity index (χ1n) is 8.77. The Morgan fingerprint density at radius 2 is 2.04 bits per heavy atom. The highest BCUT2D eigenvalue weighted by Crippen LogP contribution is 2.29. The highest BCUT2D eigenvalue weighted by atomic mass is 32.1. The van der Waals surface area contributed by atoms with Crippen LogP contribution in [0, 0.1) is 6.92 Å². The molecule has 136 valence electrons. The molecule has 0 aromatic carbocycles. The van der Waals surface area contributed by atoms with E-state index in [1.165, 1.54) is 11.3 Å². The molecule has 2 aromatic heterocycles. The minimum absolute atomic E-state index is 0.115. The fourth-order valence-corrected chi connectivity index (χ4v) is 4.16. The number of hydrogen-bond donors (Lipinski definition) is 0. The molecular formula is C17H26N6OS. The Labute approximate surface area is 152 Å². The van der Waals surface area contributed by atoms with E-state index in [0.717, 1.165) is 61.2 Å². The van der Waals surface area contributed by atoms with Gasteiger partial charge < -0.3 is 14.4 Å². The van der Waals surface area contributed by atoms with Crippen molar-refractivity contribution in [2.24, 2.45) is 0 Å². The van der Waals surface area contributed by atoms with Crippen LogP contribution in [0.5, 0.6) is 0 Å². The molecule has 1 fully saturated rings. The lowest BCUT2D eigenvalue weighted by Crippen LogP contribution is -2.38. The van der Waals surface area contributed by atoms with E-state index < -0.39 is 0 Å². The molecule has 0 N–H and O–H groups in total. The molecule has 0 saturated carbocycles. The first-order chi connectivity index (χ1) is 12.0. The molecule has 1 aliphatic rings. The van der Waals surface area contributed by atoms with Crippen molar-refractivity contribution in [1.29, 1.82) is 0 Å². The van der Waals surface area contributed by atoms with E-state index in [1.807, 2.05) is 25.9 Å². The number of thiazole rings is 1. The maximum absolute atomic E-state index is 12.6. The molecule has 1 saturated heterocycles. The summed E-state index contributed by atoms with van der Waals surface area (Å²) in [6.07, 6.45) is 1.87. The molecule has 2 aromatic rings.